The van der Waals surface area contributed by atoms with E-state index >= 15 is 0 Å². The van der Waals surface area contributed by atoms with Crippen LogP contribution in [0.2, 0.25) is 0 Å². The van der Waals surface area contributed by atoms with Crippen LogP contribution in [0.15, 0.2) is 46.1 Å². The third-order valence-corrected chi connectivity index (χ3v) is 3.43. The molecule has 1 aromatic carbocycles. The molecule has 1 fully saturated rings. The summed E-state index contributed by atoms with van der Waals surface area (Å²) in [6.45, 7) is 0. The van der Waals surface area contributed by atoms with E-state index in [-0.39, 0.29) is 17.5 Å². The lowest BCUT2D eigenvalue weighted by Gasteiger charge is -2.04. The molecule has 3 rings (SSSR count). The summed E-state index contributed by atoms with van der Waals surface area (Å²) in [4.78, 5) is 25.3. The standard InChI is InChI=1S/C14H11N3O2/c15-7-10-8-17(14(19)16-13(10)18)12-6-11(12)9-4-2-1-3-5-9/h1-5,8,11-12H,6H2,(H,16,18,19). The molecule has 2 unspecified atom stereocenters. The first-order valence-electron chi connectivity index (χ1n) is 6.01. The highest BCUT2D eigenvalue weighted by Gasteiger charge is 2.40. The van der Waals surface area contributed by atoms with E-state index in [0.717, 1.165) is 6.42 Å². The molecule has 1 N–H and O–H groups in total. The largest absolute Gasteiger partial charge is 0.328 e. The maximum atomic E-state index is 11.8. The van der Waals surface area contributed by atoms with Crippen LogP contribution in [-0.4, -0.2) is 9.55 Å². The number of H-pyrrole nitrogens is 1. The maximum Gasteiger partial charge on any atom is 0.328 e. The van der Waals surface area contributed by atoms with E-state index < -0.39 is 11.2 Å². The minimum absolute atomic E-state index is 0.0267. The van der Waals surface area contributed by atoms with E-state index in [2.05, 4.69) is 4.98 Å². The number of rotatable bonds is 2. The molecule has 1 aromatic heterocycles. The second-order valence-electron chi connectivity index (χ2n) is 4.64. The molecule has 0 amide bonds. The van der Waals surface area contributed by atoms with E-state index in [1.54, 1.807) is 6.07 Å². The minimum Gasteiger partial charge on any atom is -0.296 e. The van der Waals surface area contributed by atoms with Gasteiger partial charge >= 0.3 is 5.69 Å². The Hall–Kier alpha value is -2.61. The summed E-state index contributed by atoms with van der Waals surface area (Å²) in [5, 5.41) is 8.83. The predicted molar refractivity (Wildman–Crippen MR) is 68.9 cm³/mol. The first-order valence-corrected chi connectivity index (χ1v) is 6.01. The molecular weight excluding hydrogens is 242 g/mol. The Bertz CT molecular complexity index is 768. The smallest absolute Gasteiger partial charge is 0.296 e. The van der Waals surface area contributed by atoms with Gasteiger partial charge in [0.1, 0.15) is 11.6 Å². The molecule has 0 aliphatic heterocycles. The van der Waals surface area contributed by atoms with E-state index in [1.807, 2.05) is 30.3 Å². The summed E-state index contributed by atoms with van der Waals surface area (Å²) in [5.74, 6) is 0.274. The first-order chi connectivity index (χ1) is 9.20. The molecular formula is C14H11N3O2. The lowest BCUT2D eigenvalue weighted by molar-refractivity contribution is 0.656. The molecule has 1 aliphatic rings. The summed E-state index contributed by atoms with van der Waals surface area (Å²) in [6, 6.07) is 11.7. The number of nitriles is 1. The number of aromatic amines is 1. The van der Waals surface area contributed by atoms with Gasteiger partial charge in [-0.1, -0.05) is 30.3 Å². The summed E-state index contributed by atoms with van der Waals surface area (Å²) in [5.41, 5.74) is 0.0653. The normalized spacial score (nSPS) is 20.8. The van der Waals surface area contributed by atoms with Crippen molar-refractivity contribution in [1.82, 2.24) is 9.55 Å². The summed E-state index contributed by atoms with van der Waals surface area (Å²) < 4.78 is 1.46. The van der Waals surface area contributed by atoms with Gasteiger partial charge in [-0.15, -0.1) is 0 Å². The van der Waals surface area contributed by atoms with Crippen LogP contribution in [-0.2, 0) is 0 Å². The number of benzene rings is 1. The zero-order chi connectivity index (χ0) is 13.4. The van der Waals surface area contributed by atoms with Gasteiger partial charge in [0.05, 0.1) is 0 Å². The second kappa shape index (κ2) is 4.25. The SMILES string of the molecule is N#Cc1cn(C2CC2c2ccccc2)c(=O)[nH]c1=O. The van der Waals surface area contributed by atoms with Gasteiger partial charge in [0.15, 0.2) is 0 Å². The molecule has 1 aliphatic carbocycles. The van der Waals surface area contributed by atoms with E-state index in [9.17, 15) is 9.59 Å². The molecule has 0 spiro atoms. The molecule has 2 aromatic rings. The number of nitrogens with zero attached hydrogens (tertiary/aromatic N) is 2. The highest BCUT2D eigenvalue weighted by atomic mass is 16.2. The van der Waals surface area contributed by atoms with Crippen molar-refractivity contribution in [2.75, 3.05) is 0 Å². The zero-order valence-electron chi connectivity index (χ0n) is 10.0. The van der Waals surface area contributed by atoms with Crippen LogP contribution >= 0.6 is 0 Å². The number of aromatic nitrogens is 2. The van der Waals surface area contributed by atoms with E-state index in [0.29, 0.717) is 0 Å². The second-order valence-corrected chi connectivity index (χ2v) is 4.64. The lowest BCUT2D eigenvalue weighted by atomic mass is 10.1. The fourth-order valence-electron chi connectivity index (χ4n) is 2.36. The van der Waals surface area contributed by atoms with Gasteiger partial charge in [-0.05, 0) is 12.0 Å². The quantitative estimate of drug-likeness (QED) is 0.871. The Labute approximate surface area is 108 Å². The van der Waals surface area contributed by atoms with Gasteiger partial charge in [-0.3, -0.25) is 14.3 Å². The average Bonchev–Trinajstić information content (AvgIpc) is 3.20. The monoisotopic (exact) mass is 253 g/mol. The number of nitrogens with one attached hydrogen (secondary N) is 1. The van der Waals surface area contributed by atoms with Crippen molar-refractivity contribution in [3.63, 3.8) is 0 Å². The Morgan fingerprint density at radius 1 is 1.26 bits per heavy atom. The molecule has 0 saturated heterocycles. The van der Waals surface area contributed by atoms with Crippen molar-refractivity contribution >= 4 is 0 Å². The van der Waals surface area contributed by atoms with Gasteiger partial charge in [-0.25, -0.2) is 4.79 Å². The minimum atomic E-state index is -0.624. The fourth-order valence-corrected chi connectivity index (χ4v) is 2.36. The molecule has 19 heavy (non-hydrogen) atoms. The van der Waals surface area contributed by atoms with Crippen molar-refractivity contribution in [2.24, 2.45) is 0 Å². The highest BCUT2D eigenvalue weighted by molar-refractivity contribution is 5.28. The average molecular weight is 253 g/mol. The number of hydrogen-bond donors (Lipinski definition) is 1. The van der Waals surface area contributed by atoms with Crippen molar-refractivity contribution < 1.29 is 0 Å². The molecule has 0 radical (unpaired) electrons. The summed E-state index contributed by atoms with van der Waals surface area (Å²) >= 11 is 0. The molecule has 1 heterocycles. The third-order valence-electron chi connectivity index (χ3n) is 3.43. The summed E-state index contributed by atoms with van der Waals surface area (Å²) in [6.07, 6.45) is 2.20. The summed E-state index contributed by atoms with van der Waals surface area (Å²) in [7, 11) is 0. The van der Waals surface area contributed by atoms with Gasteiger partial charge < -0.3 is 0 Å². The van der Waals surface area contributed by atoms with Crippen LogP contribution in [0, 0.1) is 11.3 Å². The molecule has 5 nitrogen and oxygen atoms in total. The zero-order valence-corrected chi connectivity index (χ0v) is 10.0. The topological polar surface area (TPSA) is 78.7 Å². The van der Waals surface area contributed by atoms with Gasteiger partial charge in [-0.2, -0.15) is 5.26 Å². The van der Waals surface area contributed by atoms with Crippen LogP contribution < -0.4 is 11.2 Å². The highest BCUT2D eigenvalue weighted by Crippen LogP contribution is 2.50. The first kappa shape index (κ1) is 11.5. The van der Waals surface area contributed by atoms with E-state index in [1.165, 1.54) is 16.3 Å². The Morgan fingerprint density at radius 3 is 2.68 bits per heavy atom. The van der Waals surface area contributed by atoms with Crippen LogP contribution in [0.1, 0.15) is 29.5 Å². The fraction of sp³-hybridized carbons (Fsp3) is 0.214. The van der Waals surface area contributed by atoms with Crippen LogP contribution in [0.4, 0.5) is 0 Å². The number of hydrogen-bond acceptors (Lipinski definition) is 3. The Morgan fingerprint density at radius 2 is 2.00 bits per heavy atom. The van der Waals surface area contributed by atoms with Crippen molar-refractivity contribution in [3.05, 3.63) is 68.5 Å². The maximum absolute atomic E-state index is 11.8. The van der Waals surface area contributed by atoms with Crippen molar-refractivity contribution in [1.29, 1.82) is 5.26 Å². The molecule has 2 atom stereocenters. The van der Waals surface area contributed by atoms with Gasteiger partial charge in [0, 0.05) is 18.2 Å². The van der Waals surface area contributed by atoms with Gasteiger partial charge in [0.25, 0.3) is 5.56 Å². The van der Waals surface area contributed by atoms with Crippen LogP contribution in [0.3, 0.4) is 0 Å². The van der Waals surface area contributed by atoms with Crippen molar-refractivity contribution in [3.8, 4) is 6.07 Å². The van der Waals surface area contributed by atoms with Crippen LogP contribution in [0.5, 0.6) is 0 Å². The molecule has 94 valence electrons. The molecule has 0 bridgehead atoms. The van der Waals surface area contributed by atoms with Crippen LogP contribution in [0.25, 0.3) is 0 Å². The predicted octanol–water partition coefficient (Wildman–Crippen LogP) is 1.14. The molecule has 5 heteroatoms. The Kier molecular flexibility index (Phi) is 2.57. The third kappa shape index (κ3) is 1.97. The Balaban J connectivity index is 1.97. The lowest BCUT2D eigenvalue weighted by Crippen LogP contribution is -2.30. The van der Waals surface area contributed by atoms with Gasteiger partial charge in [0.2, 0.25) is 0 Å². The van der Waals surface area contributed by atoms with E-state index in [4.69, 9.17) is 5.26 Å². The van der Waals surface area contributed by atoms with Crippen molar-refractivity contribution in [2.45, 2.75) is 18.4 Å². The molecule has 1 saturated carbocycles.